The summed E-state index contributed by atoms with van der Waals surface area (Å²) in [5.41, 5.74) is 5.52. The molecule has 2 rings (SSSR count). The van der Waals surface area contributed by atoms with Gasteiger partial charge in [0.2, 0.25) is 0 Å². The molecule has 0 fully saturated rings. The van der Waals surface area contributed by atoms with Gasteiger partial charge in [-0.3, -0.25) is 10.6 Å². The standard InChI is InChI=1S/C14H12Br3N3O/c1-7-4-8(2-3-12(7)20-18)14(21)19-13-10(16)5-9(15)6-11(13)17/h2-6,20H,18H2,1H3,(H,19,21). The second kappa shape index (κ2) is 6.91. The normalized spacial score (nSPS) is 10.3. The van der Waals surface area contributed by atoms with Crippen molar-refractivity contribution >= 4 is 65.1 Å². The van der Waals surface area contributed by atoms with Crippen LogP contribution in [0.4, 0.5) is 11.4 Å². The third kappa shape index (κ3) is 3.85. The van der Waals surface area contributed by atoms with E-state index < -0.39 is 0 Å². The van der Waals surface area contributed by atoms with Crippen LogP contribution in [-0.2, 0) is 0 Å². The van der Waals surface area contributed by atoms with Gasteiger partial charge in [-0.25, -0.2) is 0 Å². The fourth-order valence-electron chi connectivity index (χ4n) is 1.81. The van der Waals surface area contributed by atoms with E-state index in [0.717, 1.165) is 24.7 Å². The lowest BCUT2D eigenvalue weighted by Gasteiger charge is -2.12. The van der Waals surface area contributed by atoms with Crippen LogP contribution in [0.15, 0.2) is 43.7 Å². The molecule has 21 heavy (non-hydrogen) atoms. The summed E-state index contributed by atoms with van der Waals surface area (Å²) in [5, 5.41) is 2.88. The number of hydrogen-bond donors (Lipinski definition) is 3. The van der Waals surface area contributed by atoms with Crippen molar-refractivity contribution in [1.29, 1.82) is 0 Å². The molecule has 0 aliphatic rings. The molecule has 1 amide bonds. The van der Waals surface area contributed by atoms with Crippen molar-refractivity contribution in [2.24, 2.45) is 5.84 Å². The highest BCUT2D eigenvalue weighted by atomic mass is 79.9. The Kier molecular flexibility index (Phi) is 5.43. The highest BCUT2D eigenvalue weighted by Crippen LogP contribution is 2.34. The molecule has 0 heterocycles. The molecule has 0 aliphatic heterocycles. The zero-order chi connectivity index (χ0) is 15.6. The number of nitrogen functional groups attached to an aromatic ring is 1. The number of hydrogen-bond acceptors (Lipinski definition) is 3. The molecule has 4 nitrogen and oxygen atoms in total. The molecule has 0 saturated carbocycles. The summed E-state index contributed by atoms with van der Waals surface area (Å²) in [6.07, 6.45) is 0. The summed E-state index contributed by atoms with van der Waals surface area (Å²) in [5.74, 6) is 5.20. The molecule has 0 unspecified atom stereocenters. The van der Waals surface area contributed by atoms with Gasteiger partial charge in [0.05, 0.1) is 11.4 Å². The SMILES string of the molecule is Cc1cc(C(=O)Nc2c(Br)cc(Br)cc2Br)ccc1NN. The summed E-state index contributed by atoms with van der Waals surface area (Å²) >= 11 is 10.3. The van der Waals surface area contributed by atoms with Crippen molar-refractivity contribution in [3.8, 4) is 0 Å². The number of halogens is 3. The predicted octanol–water partition coefficient (Wildman–Crippen LogP) is 4.82. The Bertz CT molecular complexity index is 681. The van der Waals surface area contributed by atoms with E-state index in [-0.39, 0.29) is 5.91 Å². The number of nitrogens with one attached hydrogen (secondary N) is 2. The van der Waals surface area contributed by atoms with Gasteiger partial charge in [-0.2, -0.15) is 0 Å². The summed E-state index contributed by atoms with van der Waals surface area (Å²) in [6.45, 7) is 1.89. The Morgan fingerprint density at radius 3 is 2.24 bits per heavy atom. The highest BCUT2D eigenvalue weighted by Gasteiger charge is 2.13. The first-order chi connectivity index (χ1) is 9.92. The first-order valence-corrected chi connectivity index (χ1v) is 8.33. The van der Waals surface area contributed by atoms with Gasteiger partial charge in [0, 0.05) is 19.0 Å². The van der Waals surface area contributed by atoms with E-state index in [2.05, 4.69) is 58.5 Å². The first-order valence-electron chi connectivity index (χ1n) is 5.95. The average Bonchev–Trinajstić information content (AvgIpc) is 2.42. The van der Waals surface area contributed by atoms with E-state index in [0.29, 0.717) is 11.3 Å². The van der Waals surface area contributed by atoms with E-state index in [1.807, 2.05) is 19.1 Å². The van der Waals surface area contributed by atoms with Crippen LogP contribution in [-0.4, -0.2) is 5.91 Å². The van der Waals surface area contributed by atoms with Crippen LogP contribution in [0.5, 0.6) is 0 Å². The Labute approximate surface area is 147 Å². The molecule has 2 aromatic carbocycles. The number of rotatable bonds is 3. The van der Waals surface area contributed by atoms with Crippen molar-refractivity contribution in [2.75, 3.05) is 10.7 Å². The van der Waals surface area contributed by atoms with Gasteiger partial charge >= 0.3 is 0 Å². The van der Waals surface area contributed by atoms with Crippen molar-refractivity contribution < 1.29 is 4.79 Å². The number of benzene rings is 2. The number of carbonyl (C=O) groups is 1. The lowest BCUT2D eigenvalue weighted by Crippen LogP contribution is -2.14. The Balaban J connectivity index is 2.28. The van der Waals surface area contributed by atoms with Crippen molar-refractivity contribution in [3.63, 3.8) is 0 Å². The first kappa shape index (κ1) is 16.5. The van der Waals surface area contributed by atoms with Crippen LogP contribution in [0.1, 0.15) is 15.9 Å². The summed E-state index contributed by atoms with van der Waals surface area (Å²) in [4.78, 5) is 12.3. The maximum atomic E-state index is 12.3. The third-order valence-electron chi connectivity index (χ3n) is 2.89. The number of amides is 1. The molecule has 0 aliphatic carbocycles. The highest BCUT2D eigenvalue weighted by molar-refractivity contribution is 9.11. The lowest BCUT2D eigenvalue weighted by atomic mass is 10.1. The molecule has 0 spiro atoms. The average molecular weight is 478 g/mol. The van der Waals surface area contributed by atoms with Crippen LogP contribution >= 0.6 is 47.8 Å². The molecule has 4 N–H and O–H groups in total. The number of aryl methyl sites for hydroxylation is 1. The number of hydrazine groups is 1. The Morgan fingerprint density at radius 1 is 1.10 bits per heavy atom. The quantitative estimate of drug-likeness (QED) is 0.438. The molecule has 110 valence electrons. The minimum absolute atomic E-state index is 0.189. The van der Waals surface area contributed by atoms with Crippen LogP contribution in [0, 0.1) is 6.92 Å². The zero-order valence-electron chi connectivity index (χ0n) is 11.0. The zero-order valence-corrected chi connectivity index (χ0v) is 15.8. The minimum Gasteiger partial charge on any atom is -0.324 e. The van der Waals surface area contributed by atoms with E-state index >= 15 is 0 Å². The van der Waals surface area contributed by atoms with Gasteiger partial charge in [-0.1, -0.05) is 15.9 Å². The second-order valence-corrected chi connectivity index (χ2v) is 7.00. The maximum Gasteiger partial charge on any atom is 0.255 e. The molecule has 0 atom stereocenters. The largest absolute Gasteiger partial charge is 0.324 e. The second-order valence-electron chi connectivity index (χ2n) is 4.37. The Morgan fingerprint density at radius 2 is 1.71 bits per heavy atom. The molecule has 2 aromatic rings. The van der Waals surface area contributed by atoms with Gasteiger partial charge in [-0.15, -0.1) is 0 Å². The fraction of sp³-hybridized carbons (Fsp3) is 0.0714. The maximum absolute atomic E-state index is 12.3. The molecule has 7 heteroatoms. The van der Waals surface area contributed by atoms with Gasteiger partial charge in [-0.05, 0) is 74.7 Å². The van der Waals surface area contributed by atoms with Crippen molar-refractivity contribution in [3.05, 3.63) is 54.9 Å². The van der Waals surface area contributed by atoms with Crippen molar-refractivity contribution in [2.45, 2.75) is 6.92 Å². The molecule has 0 bridgehead atoms. The van der Waals surface area contributed by atoms with E-state index in [4.69, 9.17) is 5.84 Å². The summed E-state index contributed by atoms with van der Waals surface area (Å²) in [6, 6.07) is 9.01. The van der Waals surface area contributed by atoms with Gasteiger partial charge < -0.3 is 10.7 Å². The van der Waals surface area contributed by atoms with Gasteiger partial charge in [0.15, 0.2) is 0 Å². The summed E-state index contributed by atoms with van der Waals surface area (Å²) in [7, 11) is 0. The lowest BCUT2D eigenvalue weighted by molar-refractivity contribution is 0.102. The molecular weight excluding hydrogens is 466 g/mol. The van der Waals surface area contributed by atoms with E-state index in [1.165, 1.54) is 0 Å². The van der Waals surface area contributed by atoms with E-state index in [1.54, 1.807) is 18.2 Å². The summed E-state index contributed by atoms with van der Waals surface area (Å²) < 4.78 is 2.48. The topological polar surface area (TPSA) is 67.2 Å². The van der Waals surface area contributed by atoms with Gasteiger partial charge in [0.25, 0.3) is 5.91 Å². The predicted molar refractivity (Wildman–Crippen MR) is 96.5 cm³/mol. The molecule has 0 radical (unpaired) electrons. The van der Waals surface area contributed by atoms with Gasteiger partial charge in [0.1, 0.15) is 0 Å². The molecular formula is C14H12Br3N3O. The molecule has 0 saturated heterocycles. The van der Waals surface area contributed by atoms with Crippen molar-refractivity contribution in [1.82, 2.24) is 0 Å². The van der Waals surface area contributed by atoms with Crippen LogP contribution in [0.2, 0.25) is 0 Å². The number of carbonyl (C=O) groups excluding carboxylic acids is 1. The van der Waals surface area contributed by atoms with Crippen LogP contribution < -0.4 is 16.6 Å². The number of nitrogens with two attached hydrogens (primary N) is 1. The van der Waals surface area contributed by atoms with Crippen LogP contribution in [0.25, 0.3) is 0 Å². The fourth-order valence-corrected chi connectivity index (χ4v) is 4.27. The monoisotopic (exact) mass is 475 g/mol. The minimum atomic E-state index is -0.189. The smallest absolute Gasteiger partial charge is 0.255 e. The van der Waals surface area contributed by atoms with Crippen LogP contribution in [0.3, 0.4) is 0 Å². The van der Waals surface area contributed by atoms with E-state index in [9.17, 15) is 4.79 Å². The third-order valence-corrected chi connectivity index (χ3v) is 4.60. The Hall–Kier alpha value is -0.890. The molecule has 0 aromatic heterocycles. The number of anilines is 2.